The van der Waals surface area contributed by atoms with Crippen LogP contribution in [0.25, 0.3) is 0 Å². The first kappa shape index (κ1) is 12.3. The van der Waals surface area contributed by atoms with E-state index < -0.39 is 0 Å². The molecule has 1 rings (SSSR count). The zero-order chi connectivity index (χ0) is 11.3. The van der Waals surface area contributed by atoms with E-state index in [-0.39, 0.29) is 0 Å². The highest BCUT2D eigenvalue weighted by molar-refractivity contribution is 5.23. The fraction of sp³-hybridized carbons (Fsp3) is 0.571. The maximum Gasteiger partial charge on any atom is 0.00815 e. The Hall–Kier alpha value is -0.820. The van der Waals surface area contributed by atoms with Gasteiger partial charge in [-0.15, -0.1) is 0 Å². The molecule has 0 aliphatic heterocycles. The fourth-order valence-electron chi connectivity index (χ4n) is 1.89. The monoisotopic (exact) mass is 205 g/mol. The molecule has 15 heavy (non-hydrogen) atoms. The normalized spacial score (nSPS) is 13.1. The molecule has 0 aliphatic carbocycles. The Morgan fingerprint density at radius 3 is 2.00 bits per heavy atom. The van der Waals surface area contributed by atoms with Crippen LogP contribution in [0.5, 0.6) is 0 Å². The van der Waals surface area contributed by atoms with Gasteiger partial charge in [-0.05, 0) is 30.9 Å². The Bertz CT molecular complexity index is 274. The minimum absolute atomic E-state index is 0.553. The van der Waals surface area contributed by atoms with Gasteiger partial charge in [-0.3, -0.25) is 0 Å². The molecule has 0 radical (unpaired) electrons. The Morgan fingerprint density at radius 1 is 1.00 bits per heavy atom. The van der Waals surface area contributed by atoms with Gasteiger partial charge >= 0.3 is 0 Å². The van der Waals surface area contributed by atoms with Crippen LogP contribution in [0, 0.1) is 0 Å². The molecular formula is C14H23N. The van der Waals surface area contributed by atoms with Crippen molar-refractivity contribution < 1.29 is 0 Å². The predicted molar refractivity (Wildman–Crippen MR) is 67.3 cm³/mol. The van der Waals surface area contributed by atoms with E-state index in [9.17, 15) is 0 Å². The number of aryl methyl sites for hydroxylation is 1. The van der Waals surface area contributed by atoms with Gasteiger partial charge in [0.1, 0.15) is 0 Å². The van der Waals surface area contributed by atoms with Gasteiger partial charge in [0.2, 0.25) is 0 Å². The van der Waals surface area contributed by atoms with Gasteiger partial charge in [0.25, 0.3) is 0 Å². The summed E-state index contributed by atoms with van der Waals surface area (Å²) in [6.07, 6.45) is 2.24. The van der Waals surface area contributed by atoms with E-state index in [0.717, 1.165) is 12.8 Å². The Kier molecular flexibility index (Phi) is 4.83. The first-order chi connectivity index (χ1) is 7.11. The maximum atomic E-state index is 3.52. The molecule has 1 N–H and O–H groups in total. The highest BCUT2D eigenvalue weighted by Gasteiger charge is 2.04. The summed E-state index contributed by atoms with van der Waals surface area (Å²) in [5, 5.41) is 3.52. The van der Waals surface area contributed by atoms with Crippen molar-refractivity contribution in [3.8, 4) is 0 Å². The fourth-order valence-corrected chi connectivity index (χ4v) is 1.89. The molecule has 1 aromatic rings. The van der Waals surface area contributed by atoms with Crippen LogP contribution in [0.2, 0.25) is 0 Å². The summed E-state index contributed by atoms with van der Waals surface area (Å²) in [7, 11) is 0. The van der Waals surface area contributed by atoms with Crippen molar-refractivity contribution in [2.24, 2.45) is 0 Å². The molecular weight excluding hydrogens is 182 g/mol. The van der Waals surface area contributed by atoms with Crippen LogP contribution >= 0.6 is 0 Å². The lowest BCUT2D eigenvalue weighted by molar-refractivity contribution is 0.487. The van der Waals surface area contributed by atoms with E-state index in [1.807, 2.05) is 0 Å². The quantitative estimate of drug-likeness (QED) is 0.778. The molecule has 0 saturated heterocycles. The number of hydrogen-bond donors (Lipinski definition) is 1. The van der Waals surface area contributed by atoms with Crippen molar-refractivity contribution >= 4 is 0 Å². The summed E-state index contributed by atoms with van der Waals surface area (Å²) in [5.74, 6) is 0. The summed E-state index contributed by atoms with van der Waals surface area (Å²) >= 11 is 0. The van der Waals surface area contributed by atoms with Crippen molar-refractivity contribution in [3.05, 3.63) is 35.4 Å². The van der Waals surface area contributed by atoms with Crippen molar-refractivity contribution in [3.63, 3.8) is 0 Å². The Balaban J connectivity index is 2.49. The van der Waals surface area contributed by atoms with E-state index in [2.05, 4.69) is 57.3 Å². The van der Waals surface area contributed by atoms with E-state index in [1.54, 1.807) is 0 Å². The van der Waals surface area contributed by atoms with Gasteiger partial charge in [-0.2, -0.15) is 0 Å². The standard InChI is InChI=1S/C14H23N/c1-5-13-6-8-14(9-7-13)10-12(4)15-11(2)3/h6-9,11-12,15H,5,10H2,1-4H3. The molecule has 84 valence electrons. The second-order valence-electron chi connectivity index (χ2n) is 4.60. The topological polar surface area (TPSA) is 12.0 Å². The summed E-state index contributed by atoms with van der Waals surface area (Å²) < 4.78 is 0. The molecule has 1 aromatic carbocycles. The van der Waals surface area contributed by atoms with Crippen LogP contribution in [-0.4, -0.2) is 12.1 Å². The molecule has 0 fully saturated rings. The molecule has 0 amide bonds. The van der Waals surface area contributed by atoms with Crippen LogP contribution in [0.1, 0.15) is 38.8 Å². The summed E-state index contributed by atoms with van der Waals surface area (Å²) in [6, 6.07) is 10.1. The van der Waals surface area contributed by atoms with Gasteiger partial charge in [0.15, 0.2) is 0 Å². The third kappa shape index (κ3) is 4.48. The lowest BCUT2D eigenvalue weighted by Crippen LogP contribution is -2.33. The summed E-state index contributed by atoms with van der Waals surface area (Å²) in [4.78, 5) is 0. The molecule has 1 nitrogen and oxygen atoms in total. The van der Waals surface area contributed by atoms with Gasteiger partial charge in [-0.25, -0.2) is 0 Å². The average Bonchev–Trinajstić information content (AvgIpc) is 2.17. The van der Waals surface area contributed by atoms with E-state index >= 15 is 0 Å². The summed E-state index contributed by atoms with van der Waals surface area (Å²) in [6.45, 7) is 8.82. The van der Waals surface area contributed by atoms with Crippen molar-refractivity contribution in [2.45, 2.75) is 52.6 Å². The molecule has 1 heteroatoms. The van der Waals surface area contributed by atoms with Crippen LogP contribution < -0.4 is 5.32 Å². The number of hydrogen-bond acceptors (Lipinski definition) is 1. The largest absolute Gasteiger partial charge is 0.312 e. The molecule has 0 bridgehead atoms. The maximum absolute atomic E-state index is 3.52. The van der Waals surface area contributed by atoms with Crippen LogP contribution in [-0.2, 0) is 12.8 Å². The first-order valence-electron chi connectivity index (χ1n) is 5.95. The minimum atomic E-state index is 0.553. The third-order valence-electron chi connectivity index (χ3n) is 2.59. The van der Waals surface area contributed by atoms with E-state index in [0.29, 0.717) is 12.1 Å². The smallest absolute Gasteiger partial charge is 0.00815 e. The van der Waals surface area contributed by atoms with Gasteiger partial charge in [0.05, 0.1) is 0 Å². The molecule has 0 spiro atoms. The van der Waals surface area contributed by atoms with Crippen LogP contribution in [0.4, 0.5) is 0 Å². The van der Waals surface area contributed by atoms with Crippen LogP contribution in [0.15, 0.2) is 24.3 Å². The molecule has 0 aromatic heterocycles. The number of rotatable bonds is 5. The molecule has 0 aliphatic rings. The van der Waals surface area contributed by atoms with Crippen molar-refractivity contribution in [1.29, 1.82) is 0 Å². The van der Waals surface area contributed by atoms with Gasteiger partial charge in [0, 0.05) is 12.1 Å². The lowest BCUT2D eigenvalue weighted by atomic mass is 10.0. The van der Waals surface area contributed by atoms with Crippen LogP contribution in [0.3, 0.4) is 0 Å². The molecule has 0 saturated carbocycles. The second kappa shape index (κ2) is 5.92. The lowest BCUT2D eigenvalue weighted by Gasteiger charge is -2.16. The molecule has 1 unspecified atom stereocenters. The minimum Gasteiger partial charge on any atom is -0.312 e. The number of nitrogens with one attached hydrogen (secondary N) is 1. The van der Waals surface area contributed by atoms with Crippen molar-refractivity contribution in [1.82, 2.24) is 5.32 Å². The van der Waals surface area contributed by atoms with Gasteiger partial charge < -0.3 is 5.32 Å². The highest BCUT2D eigenvalue weighted by atomic mass is 14.9. The summed E-state index contributed by atoms with van der Waals surface area (Å²) in [5.41, 5.74) is 2.84. The Morgan fingerprint density at radius 2 is 1.53 bits per heavy atom. The average molecular weight is 205 g/mol. The highest BCUT2D eigenvalue weighted by Crippen LogP contribution is 2.07. The third-order valence-corrected chi connectivity index (χ3v) is 2.59. The predicted octanol–water partition coefficient (Wildman–Crippen LogP) is 3.18. The zero-order valence-corrected chi connectivity index (χ0v) is 10.4. The van der Waals surface area contributed by atoms with Gasteiger partial charge in [-0.1, -0.05) is 45.0 Å². The SMILES string of the molecule is CCc1ccc(CC(C)NC(C)C)cc1. The molecule has 1 atom stereocenters. The Labute approximate surface area is 93.9 Å². The first-order valence-corrected chi connectivity index (χ1v) is 5.95. The second-order valence-corrected chi connectivity index (χ2v) is 4.60. The number of benzene rings is 1. The zero-order valence-electron chi connectivity index (χ0n) is 10.4. The van der Waals surface area contributed by atoms with Crippen molar-refractivity contribution in [2.75, 3.05) is 0 Å². The molecule has 0 heterocycles. The van der Waals surface area contributed by atoms with E-state index in [4.69, 9.17) is 0 Å². The van der Waals surface area contributed by atoms with E-state index in [1.165, 1.54) is 11.1 Å².